The lowest BCUT2D eigenvalue weighted by Crippen LogP contribution is -2.30. The number of ether oxygens (including phenoxy) is 1. The van der Waals surface area contributed by atoms with E-state index in [2.05, 4.69) is 29.6 Å². The fraction of sp³-hybridized carbons (Fsp3) is 0.571. The Labute approximate surface area is 107 Å². The van der Waals surface area contributed by atoms with Crippen LogP contribution in [0.4, 0.5) is 0 Å². The van der Waals surface area contributed by atoms with Crippen molar-refractivity contribution in [1.82, 2.24) is 5.32 Å². The summed E-state index contributed by atoms with van der Waals surface area (Å²) in [6, 6.07) is 9.78. The molecule has 2 aliphatic rings. The molecular weight excluding hydrogens is 230 g/mol. The van der Waals surface area contributed by atoms with Crippen molar-refractivity contribution in [3.8, 4) is 0 Å². The summed E-state index contributed by atoms with van der Waals surface area (Å²) in [7, 11) is 0. The first kappa shape index (κ1) is 11.6. The summed E-state index contributed by atoms with van der Waals surface area (Å²) in [5.41, 5.74) is 1.46. The van der Waals surface area contributed by atoms with E-state index < -0.39 is 0 Å². The van der Waals surface area contributed by atoms with Crippen LogP contribution in [0.25, 0.3) is 0 Å². The van der Waals surface area contributed by atoms with Crippen molar-refractivity contribution in [3.05, 3.63) is 29.8 Å². The molecule has 3 rings (SSSR count). The van der Waals surface area contributed by atoms with E-state index in [0.717, 1.165) is 13.2 Å². The third kappa shape index (κ3) is 3.03. The first-order valence-electron chi connectivity index (χ1n) is 6.47. The van der Waals surface area contributed by atoms with E-state index in [1.165, 1.54) is 36.3 Å². The molecule has 1 unspecified atom stereocenters. The van der Waals surface area contributed by atoms with Gasteiger partial charge in [-0.05, 0) is 43.5 Å². The molecule has 0 aliphatic carbocycles. The average molecular weight is 249 g/mol. The van der Waals surface area contributed by atoms with Crippen LogP contribution in [0.2, 0.25) is 0 Å². The Morgan fingerprint density at radius 1 is 1.24 bits per heavy atom. The maximum atomic E-state index is 5.19. The summed E-state index contributed by atoms with van der Waals surface area (Å²) in [6.45, 7) is 3.02. The second-order valence-electron chi connectivity index (χ2n) is 4.92. The highest BCUT2D eigenvalue weighted by atomic mass is 32.2. The van der Waals surface area contributed by atoms with E-state index in [1.54, 1.807) is 0 Å². The van der Waals surface area contributed by atoms with Gasteiger partial charge >= 0.3 is 0 Å². The van der Waals surface area contributed by atoms with Gasteiger partial charge in [-0.15, -0.1) is 11.8 Å². The van der Waals surface area contributed by atoms with Gasteiger partial charge in [0.05, 0.1) is 18.5 Å². The third-order valence-corrected chi connectivity index (χ3v) is 4.63. The van der Waals surface area contributed by atoms with Crippen LogP contribution >= 0.6 is 11.8 Å². The fourth-order valence-electron chi connectivity index (χ4n) is 2.39. The minimum Gasteiger partial charge on any atom is -0.379 e. The Morgan fingerprint density at radius 2 is 2.06 bits per heavy atom. The average Bonchev–Trinajstić information content (AvgIpc) is 2.78. The molecule has 92 valence electrons. The minimum absolute atomic E-state index is 0.678. The van der Waals surface area contributed by atoms with Crippen LogP contribution in [0, 0.1) is 0 Å². The number of nitrogens with one attached hydrogen (secondary N) is 1. The molecule has 2 fully saturated rings. The quantitative estimate of drug-likeness (QED) is 0.886. The van der Waals surface area contributed by atoms with E-state index in [-0.39, 0.29) is 0 Å². The highest BCUT2D eigenvalue weighted by Gasteiger charge is 2.19. The molecule has 0 spiro atoms. The Kier molecular flexibility index (Phi) is 3.69. The molecule has 0 aromatic heterocycles. The first-order valence-corrected chi connectivity index (χ1v) is 7.35. The van der Waals surface area contributed by atoms with Crippen LogP contribution in [-0.4, -0.2) is 31.1 Å². The number of hydrogen-bond donors (Lipinski definition) is 1. The van der Waals surface area contributed by atoms with Crippen molar-refractivity contribution in [1.29, 1.82) is 0 Å². The summed E-state index contributed by atoms with van der Waals surface area (Å²) in [5, 5.41) is 4.23. The minimum atomic E-state index is 0.678. The molecule has 0 amide bonds. The summed E-state index contributed by atoms with van der Waals surface area (Å²) >= 11 is 1.94. The van der Waals surface area contributed by atoms with E-state index in [4.69, 9.17) is 4.74 Å². The Bertz CT molecular complexity index is 355. The van der Waals surface area contributed by atoms with Crippen molar-refractivity contribution in [2.75, 3.05) is 19.8 Å². The van der Waals surface area contributed by atoms with Crippen LogP contribution in [0.1, 0.15) is 18.4 Å². The second kappa shape index (κ2) is 5.42. The molecule has 0 radical (unpaired) electrons. The number of rotatable bonds is 4. The van der Waals surface area contributed by atoms with Gasteiger partial charge in [0.1, 0.15) is 0 Å². The standard InChI is InChI=1S/C14H19NOS/c1-2-12(15-7-1)8-11-3-5-13(6-4-11)17-14-9-16-10-14/h3-6,12,14-15H,1-2,7-10H2. The van der Waals surface area contributed by atoms with Gasteiger partial charge in [-0.3, -0.25) is 0 Å². The van der Waals surface area contributed by atoms with E-state index in [1.807, 2.05) is 11.8 Å². The van der Waals surface area contributed by atoms with Crippen molar-refractivity contribution in [2.45, 2.75) is 35.4 Å². The fourth-order valence-corrected chi connectivity index (χ4v) is 3.40. The van der Waals surface area contributed by atoms with Gasteiger partial charge in [-0.1, -0.05) is 12.1 Å². The van der Waals surface area contributed by atoms with E-state index >= 15 is 0 Å². The van der Waals surface area contributed by atoms with Gasteiger partial charge in [0, 0.05) is 10.9 Å². The molecule has 1 aromatic rings. The van der Waals surface area contributed by atoms with Crippen LogP contribution < -0.4 is 5.32 Å². The van der Waals surface area contributed by atoms with Gasteiger partial charge in [-0.25, -0.2) is 0 Å². The third-order valence-electron chi connectivity index (χ3n) is 3.48. The Hall–Kier alpha value is -0.510. The molecule has 2 saturated heterocycles. The zero-order valence-electron chi connectivity index (χ0n) is 10.0. The zero-order valence-corrected chi connectivity index (χ0v) is 10.8. The first-order chi connectivity index (χ1) is 8.40. The monoisotopic (exact) mass is 249 g/mol. The summed E-state index contributed by atoms with van der Waals surface area (Å²) in [4.78, 5) is 1.38. The van der Waals surface area contributed by atoms with Gasteiger partial charge in [0.25, 0.3) is 0 Å². The van der Waals surface area contributed by atoms with Crippen molar-refractivity contribution in [3.63, 3.8) is 0 Å². The van der Waals surface area contributed by atoms with Crippen molar-refractivity contribution >= 4 is 11.8 Å². The summed E-state index contributed by atoms with van der Waals surface area (Å²) in [6.07, 6.45) is 3.84. The normalized spacial score (nSPS) is 24.8. The number of hydrogen-bond acceptors (Lipinski definition) is 3. The zero-order chi connectivity index (χ0) is 11.5. The van der Waals surface area contributed by atoms with Gasteiger partial charge in [0.2, 0.25) is 0 Å². The van der Waals surface area contributed by atoms with Crippen molar-refractivity contribution < 1.29 is 4.74 Å². The molecule has 2 aliphatic heterocycles. The molecule has 2 heterocycles. The Balaban J connectivity index is 1.55. The van der Waals surface area contributed by atoms with E-state index in [9.17, 15) is 0 Å². The van der Waals surface area contributed by atoms with E-state index in [0.29, 0.717) is 11.3 Å². The molecule has 17 heavy (non-hydrogen) atoms. The van der Waals surface area contributed by atoms with Gasteiger partial charge in [-0.2, -0.15) is 0 Å². The highest BCUT2D eigenvalue weighted by Crippen LogP contribution is 2.28. The van der Waals surface area contributed by atoms with Crippen molar-refractivity contribution in [2.24, 2.45) is 0 Å². The lowest BCUT2D eigenvalue weighted by molar-refractivity contribution is 0.0455. The molecule has 1 atom stereocenters. The largest absolute Gasteiger partial charge is 0.379 e. The predicted octanol–water partition coefficient (Wildman–Crippen LogP) is 2.47. The maximum Gasteiger partial charge on any atom is 0.0611 e. The number of thioether (sulfide) groups is 1. The Morgan fingerprint density at radius 3 is 2.65 bits per heavy atom. The highest BCUT2D eigenvalue weighted by molar-refractivity contribution is 8.00. The molecule has 1 aromatic carbocycles. The van der Waals surface area contributed by atoms with Gasteiger partial charge < -0.3 is 10.1 Å². The molecular formula is C14H19NOS. The maximum absolute atomic E-state index is 5.19. The molecule has 2 nitrogen and oxygen atoms in total. The predicted molar refractivity (Wildman–Crippen MR) is 71.6 cm³/mol. The lowest BCUT2D eigenvalue weighted by Gasteiger charge is -2.25. The van der Waals surface area contributed by atoms with Crippen LogP contribution in [0.3, 0.4) is 0 Å². The molecule has 1 N–H and O–H groups in total. The molecule has 0 saturated carbocycles. The number of benzene rings is 1. The SMILES string of the molecule is c1cc(SC2COC2)ccc1CC1CCCN1. The van der Waals surface area contributed by atoms with Crippen LogP contribution in [-0.2, 0) is 11.2 Å². The van der Waals surface area contributed by atoms with Crippen LogP contribution in [0.15, 0.2) is 29.2 Å². The molecule has 3 heteroatoms. The van der Waals surface area contributed by atoms with Gasteiger partial charge in [0.15, 0.2) is 0 Å². The van der Waals surface area contributed by atoms with Crippen LogP contribution in [0.5, 0.6) is 0 Å². The topological polar surface area (TPSA) is 21.3 Å². The smallest absolute Gasteiger partial charge is 0.0611 e. The summed E-state index contributed by atoms with van der Waals surface area (Å²) in [5.74, 6) is 0. The lowest BCUT2D eigenvalue weighted by atomic mass is 10.1. The second-order valence-corrected chi connectivity index (χ2v) is 6.29. The molecule has 0 bridgehead atoms. The summed E-state index contributed by atoms with van der Waals surface area (Å²) < 4.78 is 5.19.